The monoisotopic (exact) mass is 322 g/mol. The summed E-state index contributed by atoms with van der Waals surface area (Å²) >= 11 is 0. The molecule has 1 saturated heterocycles. The van der Waals surface area contributed by atoms with Crippen molar-refractivity contribution in [1.82, 2.24) is 0 Å². The normalized spacial score (nSPS) is 17.2. The molecule has 4 heteroatoms. The van der Waals surface area contributed by atoms with Crippen LogP contribution in [0.1, 0.15) is 24.5 Å². The summed E-state index contributed by atoms with van der Waals surface area (Å²) in [5, 5.41) is 2.92. The molecule has 4 nitrogen and oxygen atoms in total. The summed E-state index contributed by atoms with van der Waals surface area (Å²) in [4.78, 5) is 26.5. The van der Waals surface area contributed by atoms with E-state index in [9.17, 15) is 9.59 Å². The van der Waals surface area contributed by atoms with Gasteiger partial charge in [0.25, 0.3) is 0 Å². The SMILES string of the molecule is CCc1ccc(N2CC(C(=O)Nc3cccc(C)c3)CC2=O)cc1. The van der Waals surface area contributed by atoms with Crippen LogP contribution in [-0.4, -0.2) is 18.4 Å². The standard InChI is InChI=1S/C20H22N2O2/c1-3-15-7-9-18(10-8-15)22-13-16(12-19(22)23)20(24)21-17-6-4-5-14(2)11-17/h4-11,16H,3,12-13H2,1-2H3,(H,21,24). The van der Waals surface area contributed by atoms with Gasteiger partial charge in [0.05, 0.1) is 5.92 Å². The highest BCUT2D eigenvalue weighted by Crippen LogP contribution is 2.26. The number of rotatable bonds is 4. The second-order valence-corrected chi connectivity index (χ2v) is 6.28. The molecule has 1 N–H and O–H groups in total. The molecule has 1 aliphatic heterocycles. The number of nitrogens with zero attached hydrogens (tertiary/aromatic N) is 1. The van der Waals surface area contributed by atoms with Gasteiger partial charge in [-0.25, -0.2) is 0 Å². The van der Waals surface area contributed by atoms with E-state index in [2.05, 4.69) is 12.2 Å². The van der Waals surface area contributed by atoms with Crippen LogP contribution >= 0.6 is 0 Å². The number of hydrogen-bond acceptors (Lipinski definition) is 2. The van der Waals surface area contributed by atoms with Gasteiger partial charge in [-0.05, 0) is 48.7 Å². The van der Waals surface area contributed by atoms with Crippen molar-refractivity contribution in [1.29, 1.82) is 0 Å². The van der Waals surface area contributed by atoms with Crippen molar-refractivity contribution in [3.8, 4) is 0 Å². The zero-order valence-corrected chi connectivity index (χ0v) is 14.1. The largest absolute Gasteiger partial charge is 0.326 e. The first-order chi connectivity index (χ1) is 11.6. The molecule has 24 heavy (non-hydrogen) atoms. The minimum atomic E-state index is -0.316. The number of aryl methyl sites for hydroxylation is 2. The molecule has 2 aromatic rings. The molecule has 0 aliphatic carbocycles. The van der Waals surface area contributed by atoms with Gasteiger partial charge in [-0.3, -0.25) is 9.59 Å². The summed E-state index contributed by atoms with van der Waals surface area (Å²) < 4.78 is 0. The third kappa shape index (κ3) is 3.48. The van der Waals surface area contributed by atoms with E-state index in [1.54, 1.807) is 4.90 Å². The second-order valence-electron chi connectivity index (χ2n) is 6.28. The summed E-state index contributed by atoms with van der Waals surface area (Å²) in [5.41, 5.74) is 3.97. The Kier molecular flexibility index (Phi) is 4.65. The lowest BCUT2D eigenvalue weighted by Crippen LogP contribution is -2.28. The maximum atomic E-state index is 12.5. The van der Waals surface area contributed by atoms with Crippen LogP contribution < -0.4 is 10.2 Å². The smallest absolute Gasteiger partial charge is 0.229 e. The van der Waals surface area contributed by atoms with Crippen molar-refractivity contribution < 1.29 is 9.59 Å². The molecule has 0 saturated carbocycles. The first-order valence-electron chi connectivity index (χ1n) is 8.33. The third-order valence-corrected chi connectivity index (χ3v) is 4.44. The molecule has 3 rings (SSSR count). The fraction of sp³-hybridized carbons (Fsp3) is 0.300. The molecule has 0 radical (unpaired) electrons. The molecule has 1 unspecified atom stereocenters. The molecule has 2 amide bonds. The Bertz CT molecular complexity index is 752. The van der Waals surface area contributed by atoms with Gasteiger partial charge in [0, 0.05) is 24.3 Å². The van der Waals surface area contributed by atoms with Crippen LogP contribution in [-0.2, 0) is 16.0 Å². The van der Waals surface area contributed by atoms with Crippen molar-refractivity contribution in [3.63, 3.8) is 0 Å². The van der Waals surface area contributed by atoms with E-state index in [0.717, 1.165) is 23.4 Å². The van der Waals surface area contributed by atoms with Crippen molar-refractivity contribution in [2.75, 3.05) is 16.8 Å². The third-order valence-electron chi connectivity index (χ3n) is 4.44. The molecular weight excluding hydrogens is 300 g/mol. The Labute approximate surface area is 142 Å². The lowest BCUT2D eigenvalue weighted by Gasteiger charge is -2.17. The first-order valence-corrected chi connectivity index (χ1v) is 8.33. The molecule has 1 atom stereocenters. The Morgan fingerprint density at radius 2 is 1.96 bits per heavy atom. The van der Waals surface area contributed by atoms with Gasteiger partial charge in [0.15, 0.2) is 0 Å². The molecule has 124 valence electrons. The Morgan fingerprint density at radius 1 is 1.21 bits per heavy atom. The van der Waals surface area contributed by atoms with Gasteiger partial charge in [-0.15, -0.1) is 0 Å². The van der Waals surface area contributed by atoms with Gasteiger partial charge < -0.3 is 10.2 Å². The van der Waals surface area contributed by atoms with Gasteiger partial charge >= 0.3 is 0 Å². The number of amides is 2. The van der Waals surface area contributed by atoms with E-state index in [-0.39, 0.29) is 24.2 Å². The Hall–Kier alpha value is -2.62. The number of nitrogens with one attached hydrogen (secondary N) is 1. The van der Waals surface area contributed by atoms with Crippen LogP contribution in [0.2, 0.25) is 0 Å². The lowest BCUT2D eigenvalue weighted by atomic mass is 10.1. The van der Waals surface area contributed by atoms with Gasteiger partial charge in [0.1, 0.15) is 0 Å². The van der Waals surface area contributed by atoms with Crippen LogP contribution in [0, 0.1) is 12.8 Å². The minimum absolute atomic E-state index is 0.00337. The Morgan fingerprint density at radius 3 is 2.62 bits per heavy atom. The average Bonchev–Trinajstić information content (AvgIpc) is 2.97. The topological polar surface area (TPSA) is 49.4 Å². The summed E-state index contributed by atoms with van der Waals surface area (Å²) in [6.07, 6.45) is 1.23. The predicted molar refractivity (Wildman–Crippen MR) is 96.1 cm³/mol. The van der Waals surface area contributed by atoms with Gasteiger partial charge in [0.2, 0.25) is 11.8 Å². The van der Waals surface area contributed by atoms with E-state index in [1.807, 2.05) is 55.5 Å². The number of benzene rings is 2. The summed E-state index contributed by atoms with van der Waals surface area (Å²) in [5.74, 6) is -0.408. The summed E-state index contributed by atoms with van der Waals surface area (Å²) in [6.45, 7) is 4.51. The fourth-order valence-electron chi connectivity index (χ4n) is 3.01. The molecule has 1 fully saturated rings. The highest BCUT2D eigenvalue weighted by Gasteiger charge is 2.35. The van der Waals surface area contributed by atoms with Crippen molar-refractivity contribution in [2.45, 2.75) is 26.7 Å². The highest BCUT2D eigenvalue weighted by molar-refractivity contribution is 6.03. The van der Waals surface area contributed by atoms with Crippen LogP contribution in [0.3, 0.4) is 0 Å². The van der Waals surface area contributed by atoms with Crippen LogP contribution in [0.4, 0.5) is 11.4 Å². The molecular formula is C20H22N2O2. The quantitative estimate of drug-likeness (QED) is 0.936. The van der Waals surface area contributed by atoms with Crippen molar-refractivity contribution in [3.05, 3.63) is 59.7 Å². The van der Waals surface area contributed by atoms with E-state index in [4.69, 9.17) is 0 Å². The van der Waals surface area contributed by atoms with E-state index in [0.29, 0.717) is 6.54 Å². The zero-order chi connectivity index (χ0) is 17.1. The van der Waals surface area contributed by atoms with E-state index < -0.39 is 0 Å². The maximum Gasteiger partial charge on any atom is 0.229 e. The number of hydrogen-bond donors (Lipinski definition) is 1. The first kappa shape index (κ1) is 16.2. The number of carbonyl (C=O) groups excluding carboxylic acids is 2. The molecule has 0 spiro atoms. The molecule has 2 aromatic carbocycles. The van der Waals surface area contributed by atoms with Gasteiger partial charge in [-0.1, -0.05) is 31.2 Å². The molecule has 1 aliphatic rings. The molecule has 0 bridgehead atoms. The number of carbonyl (C=O) groups is 2. The Balaban J connectivity index is 1.68. The maximum absolute atomic E-state index is 12.5. The lowest BCUT2D eigenvalue weighted by molar-refractivity contribution is -0.122. The summed E-state index contributed by atoms with van der Waals surface area (Å²) in [7, 11) is 0. The average molecular weight is 322 g/mol. The molecule has 1 heterocycles. The molecule has 0 aromatic heterocycles. The zero-order valence-electron chi connectivity index (χ0n) is 14.1. The van der Waals surface area contributed by atoms with Crippen molar-refractivity contribution in [2.24, 2.45) is 5.92 Å². The van der Waals surface area contributed by atoms with E-state index >= 15 is 0 Å². The van der Waals surface area contributed by atoms with Crippen LogP contribution in [0.5, 0.6) is 0 Å². The minimum Gasteiger partial charge on any atom is -0.326 e. The second kappa shape index (κ2) is 6.87. The number of anilines is 2. The van der Waals surface area contributed by atoms with Gasteiger partial charge in [-0.2, -0.15) is 0 Å². The van der Waals surface area contributed by atoms with Crippen molar-refractivity contribution >= 4 is 23.2 Å². The van der Waals surface area contributed by atoms with Crippen LogP contribution in [0.15, 0.2) is 48.5 Å². The highest BCUT2D eigenvalue weighted by atomic mass is 16.2. The summed E-state index contributed by atoms with van der Waals surface area (Å²) in [6, 6.07) is 15.7. The predicted octanol–water partition coefficient (Wildman–Crippen LogP) is 3.55. The van der Waals surface area contributed by atoms with Crippen LogP contribution in [0.25, 0.3) is 0 Å². The van der Waals surface area contributed by atoms with E-state index in [1.165, 1.54) is 5.56 Å². The fourth-order valence-corrected chi connectivity index (χ4v) is 3.01.